The second-order valence-corrected chi connectivity index (χ2v) is 4.22. The molecule has 1 aromatic carbocycles. The van der Waals surface area contributed by atoms with E-state index in [1.807, 2.05) is 0 Å². The molecule has 0 spiro atoms. The van der Waals surface area contributed by atoms with Gasteiger partial charge in [0, 0.05) is 31.1 Å². The maximum absolute atomic E-state index is 13.5. The number of carbonyl (C=O) groups is 1. The predicted molar refractivity (Wildman–Crippen MR) is 62.4 cm³/mol. The third kappa shape index (κ3) is 2.36. The number of benzene rings is 1. The minimum atomic E-state index is -0.485. The Morgan fingerprint density at radius 3 is 2.75 bits per heavy atom. The van der Waals surface area contributed by atoms with Crippen molar-refractivity contribution >= 4 is 18.5 Å². The Kier molecular flexibility index (Phi) is 3.46. The first-order chi connectivity index (χ1) is 7.68. The van der Waals surface area contributed by atoms with Gasteiger partial charge in [0.25, 0.3) is 5.91 Å². The number of piperazine rings is 1. The molecule has 1 aliphatic heterocycles. The lowest BCUT2D eigenvalue weighted by Gasteiger charge is -2.27. The molecular formula is C11H13FN2OS. The van der Waals surface area contributed by atoms with Crippen molar-refractivity contribution in [2.75, 3.05) is 26.2 Å². The highest BCUT2D eigenvalue weighted by molar-refractivity contribution is 7.80. The van der Waals surface area contributed by atoms with Crippen molar-refractivity contribution in [3.63, 3.8) is 0 Å². The van der Waals surface area contributed by atoms with Crippen LogP contribution in [0.15, 0.2) is 23.1 Å². The fourth-order valence-corrected chi connectivity index (χ4v) is 1.92. The van der Waals surface area contributed by atoms with Crippen LogP contribution in [-0.2, 0) is 0 Å². The topological polar surface area (TPSA) is 32.3 Å². The summed E-state index contributed by atoms with van der Waals surface area (Å²) in [6.07, 6.45) is 0. The van der Waals surface area contributed by atoms with Gasteiger partial charge in [-0.05, 0) is 18.2 Å². The number of amides is 1. The lowest BCUT2D eigenvalue weighted by molar-refractivity contribution is 0.0731. The molecule has 1 saturated heterocycles. The second kappa shape index (κ2) is 4.84. The molecule has 1 aromatic rings. The van der Waals surface area contributed by atoms with E-state index in [9.17, 15) is 9.18 Å². The van der Waals surface area contributed by atoms with Gasteiger partial charge < -0.3 is 10.2 Å². The van der Waals surface area contributed by atoms with Crippen LogP contribution in [0.2, 0.25) is 0 Å². The maximum Gasteiger partial charge on any atom is 0.256 e. The molecule has 3 nitrogen and oxygen atoms in total. The molecular weight excluding hydrogens is 227 g/mol. The second-order valence-electron chi connectivity index (χ2n) is 3.71. The van der Waals surface area contributed by atoms with E-state index < -0.39 is 5.82 Å². The van der Waals surface area contributed by atoms with Crippen molar-refractivity contribution in [2.24, 2.45) is 0 Å². The number of hydrogen-bond acceptors (Lipinski definition) is 3. The fourth-order valence-electron chi connectivity index (χ4n) is 1.72. The molecule has 0 saturated carbocycles. The molecule has 86 valence electrons. The van der Waals surface area contributed by atoms with Gasteiger partial charge >= 0.3 is 0 Å². The molecule has 1 amide bonds. The Labute approximate surface area is 99.0 Å². The zero-order valence-electron chi connectivity index (χ0n) is 8.74. The van der Waals surface area contributed by atoms with Crippen molar-refractivity contribution in [1.29, 1.82) is 0 Å². The van der Waals surface area contributed by atoms with Gasteiger partial charge in [-0.3, -0.25) is 4.79 Å². The van der Waals surface area contributed by atoms with Crippen LogP contribution in [0.3, 0.4) is 0 Å². The average molecular weight is 240 g/mol. The van der Waals surface area contributed by atoms with Crippen LogP contribution in [-0.4, -0.2) is 37.0 Å². The van der Waals surface area contributed by atoms with E-state index in [0.717, 1.165) is 13.1 Å². The predicted octanol–water partition coefficient (Wildman–Crippen LogP) is 1.16. The largest absolute Gasteiger partial charge is 0.336 e. The van der Waals surface area contributed by atoms with Gasteiger partial charge in [0.1, 0.15) is 5.82 Å². The number of carbonyl (C=O) groups excluding carboxylic acids is 1. The summed E-state index contributed by atoms with van der Waals surface area (Å²) in [6, 6.07) is 4.29. The van der Waals surface area contributed by atoms with Crippen molar-refractivity contribution < 1.29 is 9.18 Å². The average Bonchev–Trinajstić information content (AvgIpc) is 2.32. The molecule has 0 unspecified atom stereocenters. The normalized spacial score (nSPS) is 16.2. The summed E-state index contributed by atoms with van der Waals surface area (Å²) < 4.78 is 13.5. The highest BCUT2D eigenvalue weighted by atomic mass is 32.1. The lowest BCUT2D eigenvalue weighted by Crippen LogP contribution is -2.46. The van der Waals surface area contributed by atoms with Crippen LogP contribution in [0, 0.1) is 5.82 Å². The van der Waals surface area contributed by atoms with Crippen molar-refractivity contribution in [2.45, 2.75) is 4.90 Å². The number of nitrogens with one attached hydrogen (secondary N) is 1. The van der Waals surface area contributed by atoms with E-state index in [0.29, 0.717) is 18.0 Å². The van der Waals surface area contributed by atoms with Crippen molar-refractivity contribution in [1.82, 2.24) is 10.2 Å². The minimum Gasteiger partial charge on any atom is -0.336 e. The number of hydrogen-bond donors (Lipinski definition) is 2. The molecule has 16 heavy (non-hydrogen) atoms. The van der Waals surface area contributed by atoms with Crippen LogP contribution in [0.4, 0.5) is 4.39 Å². The Morgan fingerprint density at radius 2 is 2.06 bits per heavy atom. The molecule has 2 rings (SSSR count). The molecule has 1 aliphatic rings. The minimum absolute atomic E-state index is 0.106. The third-order valence-electron chi connectivity index (χ3n) is 2.58. The summed E-state index contributed by atoms with van der Waals surface area (Å²) in [5.41, 5.74) is 0.106. The SMILES string of the molecule is O=C(c1cc(S)ccc1F)N1CCNCC1. The summed E-state index contributed by atoms with van der Waals surface area (Å²) >= 11 is 4.11. The van der Waals surface area contributed by atoms with E-state index in [1.54, 1.807) is 4.90 Å². The Bertz CT molecular complexity index is 405. The van der Waals surface area contributed by atoms with E-state index in [4.69, 9.17) is 0 Å². The summed E-state index contributed by atoms with van der Waals surface area (Å²) in [7, 11) is 0. The van der Waals surface area contributed by atoms with Gasteiger partial charge in [0.2, 0.25) is 0 Å². The van der Waals surface area contributed by atoms with Crippen LogP contribution in [0.1, 0.15) is 10.4 Å². The first-order valence-corrected chi connectivity index (χ1v) is 5.62. The number of rotatable bonds is 1. The van der Waals surface area contributed by atoms with Gasteiger partial charge in [-0.1, -0.05) is 0 Å². The standard InChI is InChI=1S/C11H13FN2OS/c12-10-2-1-8(16)7-9(10)11(15)14-5-3-13-4-6-14/h1-2,7,13,16H,3-6H2. The fraction of sp³-hybridized carbons (Fsp3) is 0.364. The molecule has 1 fully saturated rings. The number of nitrogens with zero attached hydrogens (tertiary/aromatic N) is 1. The summed E-state index contributed by atoms with van der Waals surface area (Å²) in [5.74, 6) is -0.740. The van der Waals surface area contributed by atoms with Gasteiger partial charge in [-0.2, -0.15) is 0 Å². The Balaban J connectivity index is 2.22. The van der Waals surface area contributed by atoms with E-state index in [1.165, 1.54) is 18.2 Å². The quantitative estimate of drug-likeness (QED) is 0.722. The van der Waals surface area contributed by atoms with Gasteiger partial charge in [-0.15, -0.1) is 12.6 Å². The lowest BCUT2D eigenvalue weighted by atomic mass is 10.1. The first-order valence-electron chi connectivity index (χ1n) is 5.17. The zero-order valence-corrected chi connectivity index (χ0v) is 9.64. The van der Waals surface area contributed by atoms with E-state index in [-0.39, 0.29) is 11.5 Å². The first kappa shape index (κ1) is 11.4. The van der Waals surface area contributed by atoms with Crippen molar-refractivity contribution in [3.05, 3.63) is 29.6 Å². The molecule has 0 aliphatic carbocycles. The van der Waals surface area contributed by atoms with E-state index >= 15 is 0 Å². The molecule has 1 heterocycles. The number of halogens is 1. The molecule has 1 N–H and O–H groups in total. The zero-order chi connectivity index (χ0) is 11.5. The monoisotopic (exact) mass is 240 g/mol. The van der Waals surface area contributed by atoms with Crippen LogP contribution in [0.5, 0.6) is 0 Å². The van der Waals surface area contributed by atoms with Gasteiger partial charge in [0.15, 0.2) is 0 Å². The van der Waals surface area contributed by atoms with Crippen LogP contribution in [0.25, 0.3) is 0 Å². The highest BCUT2D eigenvalue weighted by Crippen LogP contribution is 2.15. The number of thiol groups is 1. The van der Waals surface area contributed by atoms with Gasteiger partial charge in [0.05, 0.1) is 5.56 Å². The summed E-state index contributed by atoms with van der Waals surface area (Å²) in [5, 5.41) is 3.14. The Hall–Kier alpha value is -1.07. The summed E-state index contributed by atoms with van der Waals surface area (Å²) in [6.45, 7) is 2.76. The Morgan fingerprint density at radius 1 is 1.38 bits per heavy atom. The smallest absolute Gasteiger partial charge is 0.256 e. The molecule has 0 aromatic heterocycles. The van der Waals surface area contributed by atoms with Gasteiger partial charge in [-0.25, -0.2) is 4.39 Å². The molecule has 5 heteroatoms. The van der Waals surface area contributed by atoms with Crippen LogP contribution >= 0.6 is 12.6 Å². The maximum atomic E-state index is 13.5. The van der Waals surface area contributed by atoms with Crippen molar-refractivity contribution in [3.8, 4) is 0 Å². The molecule has 0 radical (unpaired) electrons. The third-order valence-corrected chi connectivity index (χ3v) is 2.86. The van der Waals surface area contributed by atoms with E-state index in [2.05, 4.69) is 17.9 Å². The molecule has 0 bridgehead atoms. The summed E-state index contributed by atoms with van der Waals surface area (Å²) in [4.78, 5) is 14.2. The highest BCUT2D eigenvalue weighted by Gasteiger charge is 2.20. The van der Waals surface area contributed by atoms with Crippen LogP contribution < -0.4 is 5.32 Å². The molecule has 0 atom stereocenters.